The van der Waals surface area contributed by atoms with Gasteiger partial charge in [0.05, 0.1) is 0 Å². The van der Waals surface area contributed by atoms with Gasteiger partial charge in [-0.05, 0) is 44.4 Å². The summed E-state index contributed by atoms with van der Waals surface area (Å²) in [6, 6.07) is 0. The van der Waals surface area contributed by atoms with Crippen LogP contribution in [-0.4, -0.2) is 16.9 Å². The predicted molar refractivity (Wildman–Crippen MR) is 78.5 cm³/mol. The summed E-state index contributed by atoms with van der Waals surface area (Å²) >= 11 is 3.51. The molecular formula is C15H19BrO3. The second-order valence-electron chi connectivity index (χ2n) is 5.47. The van der Waals surface area contributed by atoms with Crippen molar-refractivity contribution in [3.8, 4) is 11.5 Å². The lowest BCUT2D eigenvalue weighted by Gasteiger charge is -2.21. The topological polar surface area (TPSA) is 35.5 Å². The molecule has 1 aromatic carbocycles. The van der Waals surface area contributed by atoms with Gasteiger partial charge in [0.2, 0.25) is 0 Å². The van der Waals surface area contributed by atoms with Crippen molar-refractivity contribution < 1.29 is 14.3 Å². The fraction of sp³-hybridized carbons (Fsp3) is 0.533. The lowest BCUT2D eigenvalue weighted by atomic mass is 9.93. The maximum Gasteiger partial charge on any atom is 0.308 e. The largest absolute Gasteiger partial charge is 0.486 e. The van der Waals surface area contributed by atoms with E-state index in [1.54, 1.807) is 0 Å². The van der Waals surface area contributed by atoms with Gasteiger partial charge in [-0.1, -0.05) is 15.9 Å². The lowest BCUT2D eigenvalue weighted by Crippen LogP contribution is -2.32. The quantitative estimate of drug-likeness (QED) is 0.473. The third-order valence-electron chi connectivity index (χ3n) is 3.74. The molecule has 19 heavy (non-hydrogen) atoms. The highest BCUT2D eigenvalue weighted by Crippen LogP contribution is 2.45. The summed E-state index contributed by atoms with van der Waals surface area (Å²) in [6.45, 7) is 9.49. The molecule has 1 aliphatic heterocycles. The van der Waals surface area contributed by atoms with E-state index in [-0.39, 0.29) is 11.6 Å². The first-order chi connectivity index (χ1) is 8.79. The van der Waals surface area contributed by atoms with E-state index in [2.05, 4.69) is 22.9 Å². The Labute approximate surface area is 122 Å². The predicted octanol–water partition coefficient (Wildman–Crippen LogP) is 3.63. The summed E-state index contributed by atoms with van der Waals surface area (Å²) in [5, 5.41) is 0.773. The highest BCUT2D eigenvalue weighted by atomic mass is 79.9. The van der Waals surface area contributed by atoms with Gasteiger partial charge in [0, 0.05) is 24.2 Å². The fourth-order valence-electron chi connectivity index (χ4n) is 2.53. The molecule has 0 radical (unpaired) electrons. The number of ether oxygens (including phenoxy) is 2. The minimum Gasteiger partial charge on any atom is -0.486 e. The van der Waals surface area contributed by atoms with E-state index in [4.69, 9.17) is 9.47 Å². The first-order valence-corrected chi connectivity index (χ1v) is 7.47. The van der Waals surface area contributed by atoms with Gasteiger partial charge in [-0.3, -0.25) is 4.79 Å². The number of hydrogen-bond acceptors (Lipinski definition) is 3. The van der Waals surface area contributed by atoms with Crippen LogP contribution in [-0.2, 0) is 11.2 Å². The number of alkyl halides is 1. The van der Waals surface area contributed by atoms with E-state index in [0.29, 0.717) is 5.75 Å². The van der Waals surface area contributed by atoms with E-state index >= 15 is 0 Å². The van der Waals surface area contributed by atoms with Crippen molar-refractivity contribution in [2.24, 2.45) is 0 Å². The molecule has 104 valence electrons. The van der Waals surface area contributed by atoms with Gasteiger partial charge in [-0.2, -0.15) is 0 Å². The van der Waals surface area contributed by atoms with Crippen LogP contribution >= 0.6 is 15.9 Å². The van der Waals surface area contributed by atoms with Gasteiger partial charge >= 0.3 is 5.97 Å². The molecule has 1 atom stereocenters. The molecule has 2 rings (SSSR count). The number of hydrogen-bond donors (Lipinski definition) is 0. The van der Waals surface area contributed by atoms with Gasteiger partial charge < -0.3 is 9.47 Å². The molecule has 1 aromatic rings. The summed E-state index contributed by atoms with van der Waals surface area (Å²) in [5.41, 5.74) is 3.98. The number of halogens is 1. The average molecular weight is 327 g/mol. The van der Waals surface area contributed by atoms with Crippen LogP contribution in [0.2, 0.25) is 0 Å². The van der Waals surface area contributed by atoms with Crippen molar-refractivity contribution in [3.63, 3.8) is 0 Å². The smallest absolute Gasteiger partial charge is 0.308 e. The fourth-order valence-corrected chi connectivity index (χ4v) is 2.85. The molecule has 1 aliphatic rings. The van der Waals surface area contributed by atoms with E-state index < -0.39 is 0 Å². The molecule has 1 unspecified atom stereocenters. The first-order valence-electron chi connectivity index (χ1n) is 6.35. The average Bonchev–Trinajstić information content (AvgIpc) is 2.71. The van der Waals surface area contributed by atoms with Crippen LogP contribution in [0.15, 0.2) is 0 Å². The Hall–Kier alpha value is -1.03. The van der Waals surface area contributed by atoms with Crippen molar-refractivity contribution in [2.45, 2.75) is 46.6 Å². The van der Waals surface area contributed by atoms with Crippen molar-refractivity contribution in [3.05, 3.63) is 22.3 Å². The second-order valence-corrected chi connectivity index (χ2v) is 6.03. The molecule has 0 amide bonds. The summed E-state index contributed by atoms with van der Waals surface area (Å²) in [6.07, 6.45) is 0.828. The second kappa shape index (κ2) is 4.82. The van der Waals surface area contributed by atoms with Gasteiger partial charge in [-0.25, -0.2) is 0 Å². The van der Waals surface area contributed by atoms with Crippen LogP contribution in [0.5, 0.6) is 11.5 Å². The van der Waals surface area contributed by atoms with Crippen LogP contribution in [0.3, 0.4) is 0 Å². The van der Waals surface area contributed by atoms with Crippen LogP contribution in [0, 0.1) is 20.8 Å². The van der Waals surface area contributed by atoms with E-state index in [0.717, 1.165) is 39.8 Å². The Morgan fingerprint density at radius 2 is 1.95 bits per heavy atom. The maximum atomic E-state index is 11.3. The molecule has 0 saturated carbocycles. The van der Waals surface area contributed by atoms with Crippen molar-refractivity contribution >= 4 is 21.9 Å². The molecule has 0 bridgehead atoms. The standard InChI is InChI=1S/C15H19BrO3/c1-8-9(2)14-12(6-15(5,7-16)19-14)10(3)13(8)18-11(4)17/h6-7H2,1-5H3. The summed E-state index contributed by atoms with van der Waals surface area (Å²) < 4.78 is 11.5. The molecule has 1 heterocycles. The molecule has 0 saturated heterocycles. The summed E-state index contributed by atoms with van der Waals surface area (Å²) in [7, 11) is 0. The van der Waals surface area contributed by atoms with E-state index in [1.807, 2.05) is 20.8 Å². The zero-order valence-corrected chi connectivity index (χ0v) is 13.6. The monoisotopic (exact) mass is 326 g/mol. The molecule has 0 aliphatic carbocycles. The van der Waals surface area contributed by atoms with Crippen LogP contribution in [0.1, 0.15) is 36.1 Å². The van der Waals surface area contributed by atoms with Crippen molar-refractivity contribution in [2.75, 3.05) is 5.33 Å². The number of carbonyl (C=O) groups excluding carboxylic acids is 1. The molecule has 0 aromatic heterocycles. The SMILES string of the molecule is CC(=O)Oc1c(C)c(C)c2c(c1C)CC(C)(CBr)O2. The van der Waals surface area contributed by atoms with Crippen LogP contribution in [0.4, 0.5) is 0 Å². The molecule has 0 N–H and O–H groups in total. The first kappa shape index (κ1) is 14.4. The summed E-state index contributed by atoms with van der Waals surface area (Å²) in [4.78, 5) is 11.3. The zero-order valence-electron chi connectivity index (χ0n) is 12.0. The molecule has 3 nitrogen and oxygen atoms in total. The van der Waals surface area contributed by atoms with Crippen LogP contribution < -0.4 is 9.47 Å². The third kappa shape index (κ3) is 2.38. The number of benzene rings is 1. The van der Waals surface area contributed by atoms with Gasteiger partial charge in [0.15, 0.2) is 0 Å². The zero-order chi connectivity index (χ0) is 14.4. The highest BCUT2D eigenvalue weighted by molar-refractivity contribution is 9.09. The number of esters is 1. The Balaban J connectivity index is 2.58. The molecular weight excluding hydrogens is 308 g/mol. The van der Waals surface area contributed by atoms with Crippen molar-refractivity contribution in [1.82, 2.24) is 0 Å². The molecule has 4 heteroatoms. The summed E-state index contributed by atoms with van der Waals surface area (Å²) in [5.74, 6) is 1.35. The van der Waals surface area contributed by atoms with Crippen molar-refractivity contribution in [1.29, 1.82) is 0 Å². The minimum absolute atomic E-state index is 0.223. The Kier molecular flexibility index (Phi) is 3.65. The maximum absolute atomic E-state index is 11.3. The number of carbonyl (C=O) groups is 1. The highest BCUT2D eigenvalue weighted by Gasteiger charge is 2.37. The van der Waals surface area contributed by atoms with Gasteiger partial charge in [0.1, 0.15) is 17.1 Å². The molecule has 0 spiro atoms. The Morgan fingerprint density at radius 1 is 1.32 bits per heavy atom. The van der Waals surface area contributed by atoms with Gasteiger partial charge in [0.25, 0.3) is 0 Å². The van der Waals surface area contributed by atoms with Gasteiger partial charge in [-0.15, -0.1) is 0 Å². The number of fused-ring (bicyclic) bond motifs is 1. The normalized spacial score (nSPS) is 20.9. The van der Waals surface area contributed by atoms with E-state index in [9.17, 15) is 4.79 Å². The van der Waals surface area contributed by atoms with Crippen LogP contribution in [0.25, 0.3) is 0 Å². The third-order valence-corrected chi connectivity index (χ3v) is 4.92. The number of rotatable bonds is 2. The minimum atomic E-state index is -0.285. The lowest BCUT2D eigenvalue weighted by molar-refractivity contribution is -0.131. The van der Waals surface area contributed by atoms with E-state index in [1.165, 1.54) is 6.92 Å². The molecule has 0 fully saturated rings. The Morgan fingerprint density at radius 3 is 2.47 bits per heavy atom. The Bertz CT molecular complexity index is 551.